The van der Waals surface area contributed by atoms with Gasteiger partial charge in [0.25, 0.3) is 0 Å². The first-order valence-corrected chi connectivity index (χ1v) is 8.38. The molecule has 1 unspecified atom stereocenters. The molecule has 0 aliphatic heterocycles. The van der Waals surface area contributed by atoms with Gasteiger partial charge in [0.15, 0.2) is 0 Å². The molecule has 0 saturated carbocycles. The Balaban J connectivity index is 1.90. The second-order valence-electron chi connectivity index (χ2n) is 5.00. The van der Waals surface area contributed by atoms with E-state index in [9.17, 15) is 9.90 Å². The largest absolute Gasteiger partial charge is 0.394 e. The van der Waals surface area contributed by atoms with E-state index in [1.54, 1.807) is 0 Å². The van der Waals surface area contributed by atoms with E-state index >= 15 is 0 Å². The molecule has 0 aromatic heterocycles. The van der Waals surface area contributed by atoms with Gasteiger partial charge in [-0.3, -0.25) is 4.79 Å². The van der Waals surface area contributed by atoms with E-state index in [0.717, 1.165) is 16.9 Å². The SMILES string of the molecule is CCc1ccc(C(CO)NC(=O)CSc2ccccc2)cc1. The van der Waals surface area contributed by atoms with Crippen LogP contribution >= 0.6 is 11.8 Å². The quantitative estimate of drug-likeness (QED) is 0.772. The zero-order chi connectivity index (χ0) is 15.8. The van der Waals surface area contributed by atoms with Crippen LogP contribution in [0.1, 0.15) is 24.1 Å². The van der Waals surface area contributed by atoms with E-state index in [2.05, 4.69) is 12.2 Å². The molecule has 4 heteroatoms. The summed E-state index contributed by atoms with van der Waals surface area (Å²) in [7, 11) is 0. The zero-order valence-electron chi connectivity index (χ0n) is 12.7. The van der Waals surface area contributed by atoms with Crippen LogP contribution in [0.4, 0.5) is 0 Å². The molecule has 0 bridgehead atoms. The van der Waals surface area contributed by atoms with Crippen LogP contribution in [0.15, 0.2) is 59.5 Å². The second kappa shape index (κ2) is 8.61. The van der Waals surface area contributed by atoms with E-state index in [-0.39, 0.29) is 18.6 Å². The summed E-state index contributed by atoms with van der Waals surface area (Å²) in [4.78, 5) is 13.1. The highest BCUT2D eigenvalue weighted by Gasteiger charge is 2.13. The van der Waals surface area contributed by atoms with Gasteiger partial charge in [-0.2, -0.15) is 0 Å². The number of benzene rings is 2. The number of rotatable bonds is 7. The number of carbonyl (C=O) groups excluding carboxylic acids is 1. The van der Waals surface area contributed by atoms with Gasteiger partial charge < -0.3 is 10.4 Å². The molecule has 0 spiro atoms. The van der Waals surface area contributed by atoms with Crippen molar-refractivity contribution in [1.82, 2.24) is 5.32 Å². The minimum atomic E-state index is -0.352. The van der Waals surface area contributed by atoms with Crippen molar-refractivity contribution in [3.63, 3.8) is 0 Å². The van der Waals surface area contributed by atoms with Crippen molar-refractivity contribution in [1.29, 1.82) is 0 Å². The van der Waals surface area contributed by atoms with Crippen LogP contribution in [-0.4, -0.2) is 23.4 Å². The Bertz CT molecular complexity index is 584. The van der Waals surface area contributed by atoms with Gasteiger partial charge in [0, 0.05) is 4.90 Å². The number of aliphatic hydroxyl groups is 1. The van der Waals surface area contributed by atoms with E-state index in [0.29, 0.717) is 5.75 Å². The van der Waals surface area contributed by atoms with E-state index in [1.807, 2.05) is 54.6 Å². The molecule has 0 saturated heterocycles. The monoisotopic (exact) mass is 315 g/mol. The van der Waals surface area contributed by atoms with Crippen LogP contribution in [-0.2, 0) is 11.2 Å². The molecule has 1 atom stereocenters. The molecule has 0 aliphatic rings. The maximum atomic E-state index is 12.0. The van der Waals surface area contributed by atoms with E-state index in [4.69, 9.17) is 0 Å². The van der Waals surface area contributed by atoms with Crippen LogP contribution in [0.5, 0.6) is 0 Å². The summed E-state index contributed by atoms with van der Waals surface area (Å²) in [5, 5.41) is 12.4. The van der Waals surface area contributed by atoms with Crippen molar-refractivity contribution in [2.75, 3.05) is 12.4 Å². The number of carbonyl (C=O) groups is 1. The van der Waals surface area contributed by atoms with Crippen LogP contribution in [0.25, 0.3) is 0 Å². The standard InChI is InChI=1S/C18H21NO2S/c1-2-14-8-10-15(11-9-14)17(12-20)19-18(21)13-22-16-6-4-3-5-7-16/h3-11,17,20H,2,12-13H2,1H3,(H,19,21). The van der Waals surface area contributed by atoms with Crippen molar-refractivity contribution in [3.8, 4) is 0 Å². The number of aryl methyl sites for hydroxylation is 1. The van der Waals surface area contributed by atoms with Crippen molar-refractivity contribution in [3.05, 3.63) is 65.7 Å². The Morgan fingerprint density at radius 3 is 2.41 bits per heavy atom. The Morgan fingerprint density at radius 2 is 1.82 bits per heavy atom. The van der Waals surface area contributed by atoms with Gasteiger partial charge in [-0.1, -0.05) is 49.4 Å². The molecular formula is C18H21NO2S. The second-order valence-corrected chi connectivity index (χ2v) is 6.05. The normalized spacial score (nSPS) is 11.9. The molecule has 116 valence electrons. The molecule has 2 rings (SSSR count). The third kappa shape index (κ3) is 4.90. The van der Waals surface area contributed by atoms with Crippen LogP contribution in [0.3, 0.4) is 0 Å². The fourth-order valence-electron chi connectivity index (χ4n) is 2.12. The number of thioether (sulfide) groups is 1. The summed E-state index contributed by atoms with van der Waals surface area (Å²) in [5.74, 6) is 0.264. The first-order valence-electron chi connectivity index (χ1n) is 7.40. The summed E-state index contributed by atoms with van der Waals surface area (Å²) in [5.41, 5.74) is 2.17. The predicted molar refractivity (Wildman–Crippen MR) is 91.0 cm³/mol. The molecule has 22 heavy (non-hydrogen) atoms. The lowest BCUT2D eigenvalue weighted by molar-refractivity contribution is -0.119. The Labute approximate surface area is 135 Å². The highest BCUT2D eigenvalue weighted by molar-refractivity contribution is 8.00. The third-order valence-electron chi connectivity index (χ3n) is 3.42. The summed E-state index contributed by atoms with van der Waals surface area (Å²) in [6.07, 6.45) is 0.976. The van der Waals surface area contributed by atoms with Crippen LogP contribution < -0.4 is 5.32 Å². The highest BCUT2D eigenvalue weighted by atomic mass is 32.2. The molecular weight excluding hydrogens is 294 g/mol. The third-order valence-corrected chi connectivity index (χ3v) is 4.43. The predicted octanol–water partition coefficient (Wildman–Crippen LogP) is 3.19. The van der Waals surface area contributed by atoms with Gasteiger partial charge in [0.2, 0.25) is 5.91 Å². The molecule has 3 nitrogen and oxygen atoms in total. The fraction of sp³-hybridized carbons (Fsp3) is 0.278. The zero-order valence-corrected chi connectivity index (χ0v) is 13.5. The summed E-state index contributed by atoms with van der Waals surface area (Å²) < 4.78 is 0. The number of aliphatic hydroxyl groups excluding tert-OH is 1. The van der Waals surface area contributed by atoms with Crippen molar-refractivity contribution >= 4 is 17.7 Å². The Morgan fingerprint density at radius 1 is 1.14 bits per heavy atom. The lowest BCUT2D eigenvalue weighted by Gasteiger charge is -2.17. The maximum absolute atomic E-state index is 12.0. The first kappa shape index (κ1) is 16.6. The fourth-order valence-corrected chi connectivity index (χ4v) is 2.85. The van der Waals surface area contributed by atoms with Crippen molar-refractivity contribution < 1.29 is 9.90 Å². The van der Waals surface area contributed by atoms with Gasteiger partial charge in [0.1, 0.15) is 0 Å². The van der Waals surface area contributed by atoms with Crippen molar-refractivity contribution in [2.24, 2.45) is 0 Å². The van der Waals surface area contributed by atoms with Gasteiger partial charge >= 0.3 is 0 Å². The molecule has 0 heterocycles. The van der Waals surface area contributed by atoms with E-state index < -0.39 is 0 Å². The van der Waals surface area contributed by atoms with Crippen LogP contribution in [0.2, 0.25) is 0 Å². The molecule has 2 N–H and O–H groups in total. The Kier molecular flexibility index (Phi) is 6.49. The topological polar surface area (TPSA) is 49.3 Å². The van der Waals surface area contributed by atoms with E-state index in [1.165, 1.54) is 17.3 Å². The highest BCUT2D eigenvalue weighted by Crippen LogP contribution is 2.18. The van der Waals surface area contributed by atoms with Gasteiger partial charge in [-0.15, -0.1) is 11.8 Å². The van der Waals surface area contributed by atoms with Gasteiger partial charge in [0.05, 0.1) is 18.4 Å². The molecule has 2 aromatic rings. The lowest BCUT2D eigenvalue weighted by Crippen LogP contribution is -2.32. The number of nitrogens with one attached hydrogen (secondary N) is 1. The van der Waals surface area contributed by atoms with Gasteiger partial charge in [-0.25, -0.2) is 0 Å². The summed E-state index contributed by atoms with van der Waals surface area (Å²) in [6, 6.07) is 17.4. The summed E-state index contributed by atoms with van der Waals surface area (Å²) in [6.45, 7) is 1.99. The average Bonchev–Trinajstić information content (AvgIpc) is 2.59. The number of hydrogen-bond donors (Lipinski definition) is 2. The maximum Gasteiger partial charge on any atom is 0.230 e. The number of amides is 1. The minimum Gasteiger partial charge on any atom is -0.394 e. The average molecular weight is 315 g/mol. The molecule has 1 amide bonds. The van der Waals surface area contributed by atoms with Crippen molar-refractivity contribution in [2.45, 2.75) is 24.3 Å². The molecule has 0 aliphatic carbocycles. The van der Waals surface area contributed by atoms with Gasteiger partial charge in [-0.05, 0) is 29.7 Å². The summed E-state index contributed by atoms with van der Waals surface area (Å²) >= 11 is 1.49. The molecule has 0 radical (unpaired) electrons. The lowest BCUT2D eigenvalue weighted by atomic mass is 10.0. The molecule has 0 fully saturated rings. The number of hydrogen-bond acceptors (Lipinski definition) is 3. The smallest absolute Gasteiger partial charge is 0.230 e. The molecule has 2 aromatic carbocycles. The van der Waals surface area contributed by atoms with Crippen LogP contribution in [0, 0.1) is 0 Å². The first-order chi connectivity index (χ1) is 10.7. The Hall–Kier alpha value is -1.78. The minimum absolute atomic E-state index is 0.0764.